The molecule has 0 aliphatic carbocycles. The highest BCUT2D eigenvalue weighted by Gasteiger charge is 2.04. The first kappa shape index (κ1) is 14.9. The molecule has 0 saturated carbocycles. The lowest BCUT2D eigenvalue weighted by Gasteiger charge is -2.10. The minimum Gasteiger partial charge on any atom is -0.496 e. The number of rotatable bonds is 7. The zero-order chi connectivity index (χ0) is 14.9. The fraction of sp³-hybridized carbons (Fsp3) is 0.235. The van der Waals surface area contributed by atoms with E-state index < -0.39 is 0 Å². The Hall–Kier alpha value is -2.51. The minimum atomic E-state index is 0.588. The Morgan fingerprint density at radius 2 is 1.95 bits per heavy atom. The summed E-state index contributed by atoms with van der Waals surface area (Å²) in [6.07, 6.45) is 0. The van der Waals surface area contributed by atoms with E-state index >= 15 is 0 Å². The van der Waals surface area contributed by atoms with Gasteiger partial charge in [-0.1, -0.05) is 18.2 Å². The Bertz CT molecular complexity index is 606. The Morgan fingerprint density at radius 3 is 2.67 bits per heavy atom. The molecule has 0 unspecified atom stereocenters. The van der Waals surface area contributed by atoms with Crippen molar-refractivity contribution in [1.29, 1.82) is 5.26 Å². The predicted octanol–water partition coefficient (Wildman–Crippen LogP) is 2.74. The lowest BCUT2D eigenvalue weighted by atomic mass is 10.1. The lowest BCUT2D eigenvalue weighted by molar-refractivity contribution is 0.313. The third kappa shape index (κ3) is 4.51. The highest BCUT2D eigenvalue weighted by atomic mass is 16.5. The van der Waals surface area contributed by atoms with Crippen LogP contribution in [-0.4, -0.2) is 20.3 Å². The van der Waals surface area contributed by atoms with Gasteiger partial charge in [-0.2, -0.15) is 5.26 Å². The van der Waals surface area contributed by atoms with Gasteiger partial charge in [0.1, 0.15) is 18.1 Å². The smallest absolute Gasteiger partial charge is 0.123 e. The molecule has 2 rings (SSSR count). The third-order valence-electron chi connectivity index (χ3n) is 3.02. The molecule has 0 aromatic heterocycles. The monoisotopic (exact) mass is 282 g/mol. The largest absolute Gasteiger partial charge is 0.496 e. The van der Waals surface area contributed by atoms with E-state index in [0.29, 0.717) is 18.7 Å². The Labute approximate surface area is 124 Å². The average molecular weight is 282 g/mol. The molecule has 4 nitrogen and oxygen atoms in total. The van der Waals surface area contributed by atoms with Gasteiger partial charge in [-0.05, 0) is 30.3 Å². The topological polar surface area (TPSA) is 54.3 Å². The summed E-state index contributed by atoms with van der Waals surface area (Å²) < 4.78 is 10.9. The molecule has 0 amide bonds. The highest BCUT2D eigenvalue weighted by Crippen LogP contribution is 2.19. The average Bonchev–Trinajstić information content (AvgIpc) is 2.55. The van der Waals surface area contributed by atoms with Gasteiger partial charge in [0.2, 0.25) is 0 Å². The molecule has 0 saturated heterocycles. The molecular formula is C17H18N2O2. The van der Waals surface area contributed by atoms with Crippen LogP contribution in [0.5, 0.6) is 11.5 Å². The number of methoxy groups -OCH3 is 1. The van der Waals surface area contributed by atoms with Crippen molar-refractivity contribution in [2.24, 2.45) is 0 Å². The number of nitrogens with zero attached hydrogens (tertiary/aromatic N) is 1. The summed E-state index contributed by atoms with van der Waals surface area (Å²) in [5, 5.41) is 12.2. The SMILES string of the molecule is COc1ccc(C#N)cc1CNCCOc1ccccc1. The van der Waals surface area contributed by atoms with Crippen LogP contribution in [0, 0.1) is 11.3 Å². The third-order valence-corrected chi connectivity index (χ3v) is 3.02. The molecule has 108 valence electrons. The fourth-order valence-electron chi connectivity index (χ4n) is 1.97. The van der Waals surface area contributed by atoms with Crippen LogP contribution in [0.4, 0.5) is 0 Å². The van der Waals surface area contributed by atoms with E-state index in [-0.39, 0.29) is 0 Å². The van der Waals surface area contributed by atoms with Crippen molar-refractivity contribution in [3.05, 3.63) is 59.7 Å². The number of benzene rings is 2. The first-order chi connectivity index (χ1) is 10.3. The van der Waals surface area contributed by atoms with Crippen molar-refractivity contribution < 1.29 is 9.47 Å². The number of para-hydroxylation sites is 1. The van der Waals surface area contributed by atoms with E-state index in [4.69, 9.17) is 14.7 Å². The molecule has 0 bridgehead atoms. The predicted molar refractivity (Wildman–Crippen MR) is 81.4 cm³/mol. The second-order valence-corrected chi connectivity index (χ2v) is 4.48. The number of ether oxygens (including phenoxy) is 2. The van der Waals surface area contributed by atoms with Crippen LogP contribution >= 0.6 is 0 Å². The van der Waals surface area contributed by atoms with E-state index in [0.717, 1.165) is 23.6 Å². The normalized spacial score (nSPS) is 9.90. The molecule has 0 atom stereocenters. The van der Waals surface area contributed by atoms with Crippen molar-refractivity contribution in [3.8, 4) is 17.6 Å². The van der Waals surface area contributed by atoms with Gasteiger partial charge in [-0.3, -0.25) is 0 Å². The van der Waals surface area contributed by atoms with E-state index in [2.05, 4.69) is 11.4 Å². The van der Waals surface area contributed by atoms with Gasteiger partial charge in [0, 0.05) is 18.7 Å². The van der Waals surface area contributed by atoms with E-state index in [1.165, 1.54) is 0 Å². The standard InChI is InChI=1S/C17H18N2O2/c1-20-17-8-7-14(12-18)11-15(17)13-19-9-10-21-16-5-3-2-4-6-16/h2-8,11,19H,9-10,13H2,1H3. The van der Waals surface area contributed by atoms with Gasteiger partial charge in [-0.15, -0.1) is 0 Å². The van der Waals surface area contributed by atoms with Crippen LogP contribution in [0.3, 0.4) is 0 Å². The molecule has 0 radical (unpaired) electrons. The van der Waals surface area contributed by atoms with Crippen LogP contribution in [0.25, 0.3) is 0 Å². The molecule has 0 heterocycles. The fourth-order valence-corrected chi connectivity index (χ4v) is 1.97. The summed E-state index contributed by atoms with van der Waals surface area (Å²) in [7, 11) is 1.63. The second-order valence-electron chi connectivity index (χ2n) is 4.48. The quantitative estimate of drug-likeness (QED) is 0.793. The van der Waals surface area contributed by atoms with Crippen molar-refractivity contribution >= 4 is 0 Å². The van der Waals surface area contributed by atoms with Crippen molar-refractivity contribution in [2.45, 2.75) is 6.54 Å². The van der Waals surface area contributed by atoms with E-state index in [1.54, 1.807) is 13.2 Å². The number of hydrogen-bond acceptors (Lipinski definition) is 4. The van der Waals surface area contributed by atoms with Crippen LogP contribution < -0.4 is 14.8 Å². The molecular weight excluding hydrogens is 264 g/mol. The maximum atomic E-state index is 8.93. The minimum absolute atomic E-state index is 0.588. The summed E-state index contributed by atoms with van der Waals surface area (Å²) in [5.74, 6) is 1.65. The van der Waals surface area contributed by atoms with Crippen molar-refractivity contribution in [2.75, 3.05) is 20.3 Å². The van der Waals surface area contributed by atoms with Crippen LogP contribution in [0.15, 0.2) is 48.5 Å². The second kappa shape index (κ2) is 7.93. The molecule has 0 spiro atoms. The van der Waals surface area contributed by atoms with Gasteiger partial charge < -0.3 is 14.8 Å². The van der Waals surface area contributed by atoms with Gasteiger partial charge in [0.15, 0.2) is 0 Å². The number of nitriles is 1. The van der Waals surface area contributed by atoms with Crippen LogP contribution in [-0.2, 0) is 6.54 Å². The van der Waals surface area contributed by atoms with Gasteiger partial charge in [0.05, 0.1) is 18.7 Å². The summed E-state index contributed by atoms with van der Waals surface area (Å²) in [4.78, 5) is 0. The van der Waals surface area contributed by atoms with E-state index in [1.807, 2.05) is 42.5 Å². The molecule has 0 aliphatic heterocycles. The number of hydrogen-bond donors (Lipinski definition) is 1. The molecule has 0 fully saturated rings. The Morgan fingerprint density at radius 1 is 1.14 bits per heavy atom. The summed E-state index contributed by atoms with van der Waals surface area (Å²) in [6, 6.07) is 17.2. The maximum Gasteiger partial charge on any atom is 0.123 e. The molecule has 2 aromatic rings. The zero-order valence-electron chi connectivity index (χ0n) is 12.0. The van der Waals surface area contributed by atoms with E-state index in [9.17, 15) is 0 Å². The van der Waals surface area contributed by atoms with Gasteiger partial charge in [-0.25, -0.2) is 0 Å². The van der Waals surface area contributed by atoms with Crippen LogP contribution in [0.1, 0.15) is 11.1 Å². The maximum absolute atomic E-state index is 8.93. The summed E-state index contributed by atoms with van der Waals surface area (Å²) in [5.41, 5.74) is 1.60. The first-order valence-corrected chi connectivity index (χ1v) is 6.79. The first-order valence-electron chi connectivity index (χ1n) is 6.79. The Balaban J connectivity index is 1.79. The highest BCUT2D eigenvalue weighted by molar-refractivity contribution is 5.41. The number of nitrogens with one attached hydrogen (secondary N) is 1. The molecule has 0 aliphatic rings. The summed E-state index contributed by atoms with van der Waals surface area (Å²) in [6.45, 7) is 1.94. The van der Waals surface area contributed by atoms with Gasteiger partial charge >= 0.3 is 0 Å². The van der Waals surface area contributed by atoms with Crippen LogP contribution in [0.2, 0.25) is 0 Å². The molecule has 21 heavy (non-hydrogen) atoms. The van der Waals surface area contributed by atoms with Gasteiger partial charge in [0.25, 0.3) is 0 Å². The van der Waals surface area contributed by atoms with Crippen molar-refractivity contribution in [1.82, 2.24) is 5.32 Å². The zero-order valence-corrected chi connectivity index (χ0v) is 12.0. The molecule has 1 N–H and O–H groups in total. The molecule has 2 aromatic carbocycles. The Kier molecular flexibility index (Phi) is 5.62. The summed E-state index contributed by atoms with van der Waals surface area (Å²) >= 11 is 0. The lowest BCUT2D eigenvalue weighted by Crippen LogP contribution is -2.21. The van der Waals surface area contributed by atoms with Crippen molar-refractivity contribution in [3.63, 3.8) is 0 Å². The molecule has 4 heteroatoms.